The first-order valence-electron chi connectivity index (χ1n) is 9.30. The van der Waals surface area contributed by atoms with Gasteiger partial charge in [-0.2, -0.15) is 0 Å². The van der Waals surface area contributed by atoms with Gasteiger partial charge in [-0.05, 0) is 47.1 Å². The second-order valence-corrected chi connectivity index (χ2v) is 7.73. The van der Waals surface area contributed by atoms with Crippen LogP contribution in [0.5, 0.6) is 0 Å². The van der Waals surface area contributed by atoms with Crippen molar-refractivity contribution in [2.45, 2.75) is 6.92 Å². The van der Waals surface area contributed by atoms with E-state index in [-0.39, 0.29) is 5.91 Å². The number of halogens is 1. The van der Waals surface area contributed by atoms with Gasteiger partial charge in [0.2, 0.25) is 0 Å². The summed E-state index contributed by atoms with van der Waals surface area (Å²) in [5, 5.41) is 0. The van der Waals surface area contributed by atoms with E-state index >= 15 is 0 Å². The van der Waals surface area contributed by atoms with Gasteiger partial charge in [-0.25, -0.2) is 4.98 Å². The van der Waals surface area contributed by atoms with Gasteiger partial charge in [0.15, 0.2) is 0 Å². The van der Waals surface area contributed by atoms with Gasteiger partial charge in [0.1, 0.15) is 5.82 Å². The number of amides is 1. The number of aryl methyl sites for hydroxylation is 1. The molecular formula is C22H21BrN4O. The molecule has 1 aliphatic heterocycles. The average molecular weight is 437 g/mol. The lowest BCUT2D eigenvalue weighted by molar-refractivity contribution is 0.0745. The number of nitrogens with zero attached hydrogens (tertiary/aromatic N) is 4. The maximum atomic E-state index is 13.0. The second kappa shape index (κ2) is 8.10. The van der Waals surface area contributed by atoms with E-state index in [9.17, 15) is 4.79 Å². The van der Waals surface area contributed by atoms with E-state index in [0.717, 1.165) is 40.3 Å². The van der Waals surface area contributed by atoms with Crippen molar-refractivity contribution in [2.24, 2.45) is 0 Å². The van der Waals surface area contributed by atoms with E-state index in [4.69, 9.17) is 0 Å². The van der Waals surface area contributed by atoms with Crippen LogP contribution in [0.4, 0.5) is 5.82 Å². The molecule has 4 rings (SSSR count). The number of carbonyl (C=O) groups excluding carboxylic acids is 1. The van der Waals surface area contributed by atoms with E-state index in [1.807, 2.05) is 66.4 Å². The van der Waals surface area contributed by atoms with Gasteiger partial charge in [-0.1, -0.05) is 30.3 Å². The molecule has 0 unspecified atom stereocenters. The Bertz CT molecular complexity index is 968. The molecule has 0 atom stereocenters. The molecule has 1 amide bonds. The standard InChI is InChI=1S/C22H21BrN4O/c1-16-19(8-9-20(25-16)17-5-3-2-4-6-17)22(28)27-13-11-26(12-14-27)21-10-7-18(23)15-24-21/h2-10,15H,11-14H2,1H3. The highest BCUT2D eigenvalue weighted by Crippen LogP contribution is 2.21. The summed E-state index contributed by atoms with van der Waals surface area (Å²) < 4.78 is 0.965. The minimum absolute atomic E-state index is 0.0491. The Hall–Kier alpha value is -2.73. The third-order valence-corrected chi connectivity index (χ3v) is 5.46. The van der Waals surface area contributed by atoms with Crippen molar-refractivity contribution in [3.63, 3.8) is 0 Å². The third-order valence-electron chi connectivity index (χ3n) is 4.99. The number of pyridine rings is 2. The van der Waals surface area contributed by atoms with Crippen molar-refractivity contribution in [1.82, 2.24) is 14.9 Å². The molecule has 0 saturated carbocycles. The van der Waals surface area contributed by atoms with Gasteiger partial charge in [-0.3, -0.25) is 9.78 Å². The van der Waals surface area contributed by atoms with Crippen LogP contribution >= 0.6 is 15.9 Å². The van der Waals surface area contributed by atoms with E-state index in [0.29, 0.717) is 18.7 Å². The van der Waals surface area contributed by atoms with Crippen LogP contribution in [0.3, 0.4) is 0 Å². The zero-order valence-electron chi connectivity index (χ0n) is 15.7. The summed E-state index contributed by atoms with van der Waals surface area (Å²) in [6, 6.07) is 17.8. The van der Waals surface area contributed by atoms with Crippen molar-refractivity contribution in [2.75, 3.05) is 31.1 Å². The number of carbonyl (C=O) groups is 1. The Labute approximate surface area is 173 Å². The van der Waals surface area contributed by atoms with Gasteiger partial charge in [0.05, 0.1) is 17.0 Å². The fraction of sp³-hybridized carbons (Fsp3) is 0.227. The number of piperazine rings is 1. The van der Waals surface area contributed by atoms with Crippen LogP contribution in [0.1, 0.15) is 16.1 Å². The molecular weight excluding hydrogens is 416 g/mol. The van der Waals surface area contributed by atoms with E-state index in [1.165, 1.54) is 0 Å². The Morgan fingerprint density at radius 1 is 0.964 bits per heavy atom. The molecule has 28 heavy (non-hydrogen) atoms. The Morgan fingerprint density at radius 3 is 2.36 bits per heavy atom. The summed E-state index contributed by atoms with van der Waals surface area (Å²) in [4.78, 5) is 26.2. The predicted octanol–water partition coefficient (Wildman–Crippen LogP) is 4.18. The first-order chi connectivity index (χ1) is 13.6. The molecule has 2 aromatic heterocycles. The monoisotopic (exact) mass is 436 g/mol. The molecule has 1 aromatic carbocycles. The maximum absolute atomic E-state index is 13.0. The summed E-state index contributed by atoms with van der Waals surface area (Å²) in [5.74, 6) is 0.994. The lowest BCUT2D eigenvalue weighted by Gasteiger charge is -2.35. The highest BCUT2D eigenvalue weighted by Gasteiger charge is 2.24. The van der Waals surface area contributed by atoms with Crippen molar-refractivity contribution >= 4 is 27.7 Å². The minimum atomic E-state index is 0.0491. The molecule has 0 aliphatic carbocycles. The number of anilines is 1. The maximum Gasteiger partial charge on any atom is 0.255 e. The van der Waals surface area contributed by atoms with Gasteiger partial charge in [0.25, 0.3) is 5.91 Å². The average Bonchev–Trinajstić information content (AvgIpc) is 2.74. The summed E-state index contributed by atoms with van der Waals surface area (Å²) in [7, 11) is 0. The number of benzene rings is 1. The number of aromatic nitrogens is 2. The predicted molar refractivity (Wildman–Crippen MR) is 114 cm³/mol. The largest absolute Gasteiger partial charge is 0.353 e. The molecule has 0 N–H and O–H groups in total. The highest BCUT2D eigenvalue weighted by atomic mass is 79.9. The van der Waals surface area contributed by atoms with Crippen molar-refractivity contribution < 1.29 is 4.79 Å². The molecule has 5 nitrogen and oxygen atoms in total. The molecule has 0 spiro atoms. The molecule has 1 aliphatic rings. The summed E-state index contributed by atoms with van der Waals surface area (Å²) in [6.07, 6.45) is 1.80. The van der Waals surface area contributed by atoms with Crippen molar-refractivity contribution in [3.05, 3.63) is 76.5 Å². The van der Waals surface area contributed by atoms with Crippen LogP contribution < -0.4 is 4.90 Å². The lowest BCUT2D eigenvalue weighted by atomic mass is 10.1. The lowest BCUT2D eigenvalue weighted by Crippen LogP contribution is -2.49. The van der Waals surface area contributed by atoms with Crippen LogP contribution in [0.25, 0.3) is 11.3 Å². The first kappa shape index (κ1) is 18.6. The van der Waals surface area contributed by atoms with E-state index in [2.05, 4.69) is 30.8 Å². The molecule has 6 heteroatoms. The molecule has 3 aromatic rings. The van der Waals surface area contributed by atoms with Crippen molar-refractivity contribution in [3.8, 4) is 11.3 Å². The zero-order valence-corrected chi connectivity index (χ0v) is 17.3. The van der Waals surface area contributed by atoms with Gasteiger partial charge < -0.3 is 9.80 Å². The summed E-state index contributed by atoms with van der Waals surface area (Å²) in [5.41, 5.74) is 3.39. The minimum Gasteiger partial charge on any atom is -0.353 e. The smallest absolute Gasteiger partial charge is 0.255 e. The summed E-state index contributed by atoms with van der Waals surface area (Å²) >= 11 is 3.41. The van der Waals surface area contributed by atoms with Crippen LogP contribution in [0.15, 0.2) is 65.3 Å². The van der Waals surface area contributed by atoms with Crippen LogP contribution in [0.2, 0.25) is 0 Å². The SMILES string of the molecule is Cc1nc(-c2ccccc2)ccc1C(=O)N1CCN(c2ccc(Br)cn2)CC1. The van der Waals surface area contributed by atoms with Crippen LogP contribution in [-0.2, 0) is 0 Å². The number of hydrogen-bond donors (Lipinski definition) is 0. The molecule has 1 fully saturated rings. The van der Waals surface area contributed by atoms with Crippen LogP contribution in [-0.4, -0.2) is 47.0 Å². The summed E-state index contributed by atoms with van der Waals surface area (Å²) in [6.45, 7) is 4.80. The molecule has 3 heterocycles. The number of rotatable bonds is 3. The van der Waals surface area contributed by atoms with E-state index < -0.39 is 0 Å². The molecule has 0 radical (unpaired) electrons. The quantitative estimate of drug-likeness (QED) is 0.617. The normalized spacial score (nSPS) is 14.2. The fourth-order valence-electron chi connectivity index (χ4n) is 3.42. The molecule has 142 valence electrons. The Balaban J connectivity index is 1.44. The van der Waals surface area contributed by atoms with Gasteiger partial charge in [0, 0.05) is 42.4 Å². The second-order valence-electron chi connectivity index (χ2n) is 6.81. The van der Waals surface area contributed by atoms with Gasteiger partial charge >= 0.3 is 0 Å². The zero-order chi connectivity index (χ0) is 19.5. The van der Waals surface area contributed by atoms with Gasteiger partial charge in [-0.15, -0.1) is 0 Å². The highest BCUT2D eigenvalue weighted by molar-refractivity contribution is 9.10. The third kappa shape index (κ3) is 3.92. The van der Waals surface area contributed by atoms with Crippen molar-refractivity contribution in [1.29, 1.82) is 0 Å². The fourth-order valence-corrected chi connectivity index (χ4v) is 3.66. The topological polar surface area (TPSA) is 49.3 Å². The molecule has 1 saturated heterocycles. The molecule has 0 bridgehead atoms. The Morgan fingerprint density at radius 2 is 1.71 bits per heavy atom. The first-order valence-corrected chi connectivity index (χ1v) is 10.1. The number of hydrogen-bond acceptors (Lipinski definition) is 4. The van der Waals surface area contributed by atoms with E-state index in [1.54, 1.807) is 6.20 Å². The van der Waals surface area contributed by atoms with Crippen LogP contribution in [0, 0.1) is 6.92 Å². The Kier molecular flexibility index (Phi) is 5.39.